The van der Waals surface area contributed by atoms with Crippen molar-refractivity contribution in [2.75, 3.05) is 57.2 Å². The van der Waals surface area contributed by atoms with Gasteiger partial charge in [-0.1, -0.05) is 6.92 Å². The highest BCUT2D eigenvalue weighted by Crippen LogP contribution is 2.30. The molecule has 0 aliphatic carbocycles. The maximum Gasteiger partial charge on any atom is 0.274 e. The van der Waals surface area contributed by atoms with E-state index in [-0.39, 0.29) is 5.91 Å². The lowest BCUT2D eigenvalue weighted by Crippen LogP contribution is -2.47. The van der Waals surface area contributed by atoms with E-state index in [0.717, 1.165) is 38.4 Å². The number of benzene rings is 1. The summed E-state index contributed by atoms with van der Waals surface area (Å²) in [5.41, 5.74) is 1.72. The zero-order chi connectivity index (χ0) is 20.1. The topological polar surface area (TPSA) is 79.8 Å². The van der Waals surface area contributed by atoms with Crippen molar-refractivity contribution in [3.8, 4) is 11.5 Å². The van der Waals surface area contributed by atoms with Gasteiger partial charge in [0.25, 0.3) is 5.91 Å². The third kappa shape index (κ3) is 4.51. The van der Waals surface area contributed by atoms with Gasteiger partial charge in [0.15, 0.2) is 11.5 Å². The standard InChI is InChI=1S/C20H27N5O3/c1-5-24-8-10-25(11-9-24)20-21-14(2)12-16(23-20)19(26)22-15-6-7-17(27-3)18(13-15)28-4/h6-7,12-13H,5,8-11H2,1-4H3,(H,22,26). The largest absolute Gasteiger partial charge is 0.493 e. The molecule has 2 heterocycles. The third-order valence-electron chi connectivity index (χ3n) is 4.82. The van der Waals surface area contributed by atoms with Gasteiger partial charge in [-0.15, -0.1) is 0 Å². The van der Waals surface area contributed by atoms with E-state index in [1.54, 1.807) is 38.5 Å². The van der Waals surface area contributed by atoms with Crippen LogP contribution >= 0.6 is 0 Å². The number of piperazine rings is 1. The van der Waals surface area contributed by atoms with Crippen LogP contribution in [0.4, 0.5) is 11.6 Å². The number of aromatic nitrogens is 2. The zero-order valence-electron chi connectivity index (χ0n) is 16.9. The van der Waals surface area contributed by atoms with Crippen LogP contribution in [0.5, 0.6) is 11.5 Å². The van der Waals surface area contributed by atoms with Crippen LogP contribution in [-0.2, 0) is 0 Å². The summed E-state index contributed by atoms with van der Waals surface area (Å²) in [5, 5.41) is 2.87. The molecule has 1 aliphatic rings. The van der Waals surface area contributed by atoms with E-state index >= 15 is 0 Å². The first-order valence-corrected chi connectivity index (χ1v) is 9.40. The van der Waals surface area contributed by atoms with Crippen LogP contribution in [0.15, 0.2) is 24.3 Å². The monoisotopic (exact) mass is 385 g/mol. The first-order chi connectivity index (χ1) is 13.5. The fourth-order valence-electron chi connectivity index (χ4n) is 3.18. The van der Waals surface area contributed by atoms with E-state index in [0.29, 0.717) is 28.8 Å². The Balaban J connectivity index is 1.76. The number of hydrogen-bond donors (Lipinski definition) is 1. The number of aryl methyl sites for hydroxylation is 1. The maximum atomic E-state index is 12.8. The van der Waals surface area contributed by atoms with Crippen molar-refractivity contribution in [3.63, 3.8) is 0 Å². The average Bonchev–Trinajstić information content (AvgIpc) is 2.73. The third-order valence-corrected chi connectivity index (χ3v) is 4.82. The Morgan fingerprint density at radius 2 is 1.79 bits per heavy atom. The maximum absolute atomic E-state index is 12.8. The van der Waals surface area contributed by atoms with E-state index < -0.39 is 0 Å². The highest BCUT2D eigenvalue weighted by atomic mass is 16.5. The summed E-state index contributed by atoms with van der Waals surface area (Å²) in [5.74, 6) is 1.47. The van der Waals surface area contributed by atoms with Crippen molar-refractivity contribution in [3.05, 3.63) is 35.7 Å². The molecule has 1 aromatic carbocycles. The Morgan fingerprint density at radius 3 is 2.43 bits per heavy atom. The Labute approximate surface area is 165 Å². The van der Waals surface area contributed by atoms with Gasteiger partial charge in [0.05, 0.1) is 14.2 Å². The van der Waals surface area contributed by atoms with E-state index in [9.17, 15) is 4.79 Å². The highest BCUT2D eigenvalue weighted by Gasteiger charge is 2.20. The van der Waals surface area contributed by atoms with Gasteiger partial charge in [0.2, 0.25) is 5.95 Å². The number of carbonyl (C=O) groups is 1. The van der Waals surface area contributed by atoms with Crippen LogP contribution in [-0.4, -0.2) is 67.7 Å². The van der Waals surface area contributed by atoms with Gasteiger partial charge in [0.1, 0.15) is 5.69 Å². The Hall–Kier alpha value is -2.87. The van der Waals surface area contributed by atoms with Crippen molar-refractivity contribution in [1.82, 2.24) is 14.9 Å². The van der Waals surface area contributed by atoms with Gasteiger partial charge >= 0.3 is 0 Å². The summed E-state index contributed by atoms with van der Waals surface area (Å²) < 4.78 is 10.5. The van der Waals surface area contributed by atoms with Gasteiger partial charge in [0, 0.05) is 43.6 Å². The highest BCUT2D eigenvalue weighted by molar-refractivity contribution is 6.03. The minimum Gasteiger partial charge on any atom is -0.493 e. The molecule has 0 saturated carbocycles. The minimum atomic E-state index is -0.286. The number of ether oxygens (including phenoxy) is 2. The summed E-state index contributed by atoms with van der Waals surface area (Å²) in [6, 6.07) is 6.92. The summed E-state index contributed by atoms with van der Waals surface area (Å²) in [4.78, 5) is 26.3. The normalized spacial score (nSPS) is 14.6. The smallest absolute Gasteiger partial charge is 0.274 e. The van der Waals surface area contributed by atoms with Gasteiger partial charge in [-0.25, -0.2) is 9.97 Å². The molecule has 3 rings (SSSR count). The SMILES string of the molecule is CCN1CCN(c2nc(C)cc(C(=O)Nc3ccc(OC)c(OC)c3)n2)CC1. The van der Waals surface area contributed by atoms with Crippen LogP contribution in [0.3, 0.4) is 0 Å². The van der Waals surface area contributed by atoms with Crippen molar-refractivity contribution < 1.29 is 14.3 Å². The van der Waals surface area contributed by atoms with Gasteiger partial charge < -0.3 is 24.6 Å². The second-order valence-electron chi connectivity index (χ2n) is 6.64. The zero-order valence-corrected chi connectivity index (χ0v) is 16.9. The van der Waals surface area contributed by atoms with E-state index in [1.165, 1.54) is 0 Å². The van der Waals surface area contributed by atoms with Crippen LogP contribution in [0.1, 0.15) is 23.1 Å². The predicted molar refractivity (Wildman–Crippen MR) is 109 cm³/mol. The molecule has 28 heavy (non-hydrogen) atoms. The van der Waals surface area contributed by atoms with Crippen LogP contribution < -0.4 is 19.7 Å². The number of likely N-dealkylation sites (N-methyl/N-ethyl adjacent to an activating group) is 1. The molecule has 1 amide bonds. The summed E-state index contributed by atoms with van der Waals surface area (Å²) in [7, 11) is 3.13. The first kappa shape index (κ1) is 19.9. The first-order valence-electron chi connectivity index (χ1n) is 9.40. The van der Waals surface area contributed by atoms with E-state index in [2.05, 4.69) is 32.0 Å². The minimum absolute atomic E-state index is 0.286. The molecule has 0 atom stereocenters. The molecule has 1 N–H and O–H groups in total. The lowest BCUT2D eigenvalue weighted by atomic mass is 10.2. The van der Waals surface area contributed by atoms with Crippen LogP contribution in [0.25, 0.3) is 0 Å². The molecule has 0 bridgehead atoms. The lowest BCUT2D eigenvalue weighted by molar-refractivity contribution is 0.102. The van der Waals surface area contributed by atoms with Crippen molar-refractivity contribution >= 4 is 17.5 Å². The molecule has 1 aliphatic heterocycles. The number of methoxy groups -OCH3 is 2. The molecule has 8 nitrogen and oxygen atoms in total. The number of amides is 1. The van der Waals surface area contributed by atoms with E-state index in [1.807, 2.05) is 6.92 Å². The van der Waals surface area contributed by atoms with Crippen LogP contribution in [0, 0.1) is 6.92 Å². The molecule has 1 aromatic heterocycles. The molecule has 2 aromatic rings. The number of carbonyl (C=O) groups excluding carboxylic acids is 1. The quantitative estimate of drug-likeness (QED) is 0.816. The molecular formula is C20H27N5O3. The Kier molecular flexibility index (Phi) is 6.30. The molecule has 1 saturated heterocycles. The average molecular weight is 385 g/mol. The van der Waals surface area contributed by atoms with Crippen molar-refractivity contribution in [2.45, 2.75) is 13.8 Å². The van der Waals surface area contributed by atoms with Gasteiger partial charge in [-0.3, -0.25) is 4.79 Å². The van der Waals surface area contributed by atoms with Crippen molar-refractivity contribution in [1.29, 1.82) is 0 Å². The second kappa shape index (κ2) is 8.88. The van der Waals surface area contributed by atoms with Gasteiger partial charge in [-0.2, -0.15) is 0 Å². The lowest BCUT2D eigenvalue weighted by Gasteiger charge is -2.34. The molecule has 0 unspecified atom stereocenters. The Bertz CT molecular complexity index is 835. The molecule has 0 radical (unpaired) electrons. The number of nitrogens with one attached hydrogen (secondary N) is 1. The van der Waals surface area contributed by atoms with E-state index in [4.69, 9.17) is 9.47 Å². The fourth-order valence-corrected chi connectivity index (χ4v) is 3.18. The number of anilines is 2. The number of hydrogen-bond acceptors (Lipinski definition) is 7. The summed E-state index contributed by atoms with van der Waals surface area (Å²) in [6.45, 7) is 8.74. The molecule has 1 fully saturated rings. The molecule has 8 heteroatoms. The fraction of sp³-hybridized carbons (Fsp3) is 0.450. The predicted octanol–water partition coefficient (Wildman–Crippen LogP) is 2.20. The molecular weight excluding hydrogens is 358 g/mol. The van der Waals surface area contributed by atoms with Gasteiger partial charge in [-0.05, 0) is 31.7 Å². The summed E-state index contributed by atoms with van der Waals surface area (Å²) >= 11 is 0. The van der Waals surface area contributed by atoms with Crippen molar-refractivity contribution in [2.24, 2.45) is 0 Å². The Morgan fingerprint density at radius 1 is 1.07 bits per heavy atom. The summed E-state index contributed by atoms with van der Waals surface area (Å²) in [6.07, 6.45) is 0. The second-order valence-corrected chi connectivity index (χ2v) is 6.64. The van der Waals surface area contributed by atoms with Crippen LogP contribution in [0.2, 0.25) is 0 Å². The number of rotatable bonds is 6. The number of nitrogens with zero attached hydrogens (tertiary/aromatic N) is 4. The molecule has 150 valence electrons. The molecule has 0 spiro atoms.